The molecule has 0 aliphatic heterocycles. The normalized spacial score (nSPS) is 10.8. The van der Waals surface area contributed by atoms with Gasteiger partial charge >= 0.3 is 0 Å². The number of hydrogen-bond acceptors (Lipinski definition) is 3. The first-order chi connectivity index (χ1) is 9.33. The van der Waals surface area contributed by atoms with Crippen molar-refractivity contribution in [3.8, 4) is 5.75 Å². The second-order valence-corrected chi connectivity index (χ2v) is 4.54. The van der Waals surface area contributed by atoms with Gasteiger partial charge in [-0.15, -0.1) is 5.10 Å². The summed E-state index contributed by atoms with van der Waals surface area (Å²) in [6.45, 7) is 1.19. The number of aromatic nitrogens is 3. The smallest absolute Gasteiger partial charge is 0.119 e. The second-order valence-electron chi connectivity index (χ2n) is 4.10. The van der Waals surface area contributed by atoms with E-state index in [1.165, 1.54) is 0 Å². The summed E-state index contributed by atoms with van der Waals surface area (Å²) in [7, 11) is 0. The molecule has 0 bridgehead atoms. The van der Waals surface area contributed by atoms with E-state index in [0.717, 1.165) is 16.8 Å². The Morgan fingerprint density at radius 3 is 2.68 bits per heavy atom. The maximum Gasteiger partial charge on any atom is 0.119 e. The van der Waals surface area contributed by atoms with Crippen LogP contribution in [0.4, 0.5) is 0 Å². The lowest BCUT2D eigenvalue weighted by atomic mass is 10.3. The Labute approximate surface area is 115 Å². The van der Waals surface area contributed by atoms with Gasteiger partial charge in [-0.3, -0.25) is 0 Å². The molecule has 0 fully saturated rings. The molecular weight excluding hydrogens is 262 g/mol. The zero-order chi connectivity index (χ0) is 13.1. The van der Waals surface area contributed by atoms with Gasteiger partial charge in [0.1, 0.15) is 17.9 Å². The largest absolute Gasteiger partial charge is 0.492 e. The van der Waals surface area contributed by atoms with Crippen molar-refractivity contribution in [1.29, 1.82) is 0 Å². The molecule has 2 aromatic carbocycles. The van der Waals surface area contributed by atoms with Crippen LogP contribution >= 0.6 is 11.6 Å². The van der Waals surface area contributed by atoms with E-state index in [2.05, 4.69) is 10.3 Å². The number of para-hydroxylation sites is 1. The van der Waals surface area contributed by atoms with Crippen LogP contribution in [0.15, 0.2) is 48.5 Å². The van der Waals surface area contributed by atoms with Crippen LogP contribution in [0.2, 0.25) is 5.02 Å². The first-order valence-corrected chi connectivity index (χ1v) is 6.37. The van der Waals surface area contributed by atoms with Gasteiger partial charge < -0.3 is 4.74 Å². The van der Waals surface area contributed by atoms with E-state index in [1.54, 1.807) is 0 Å². The van der Waals surface area contributed by atoms with Crippen molar-refractivity contribution in [2.24, 2.45) is 0 Å². The van der Waals surface area contributed by atoms with Crippen LogP contribution in [0.5, 0.6) is 5.75 Å². The van der Waals surface area contributed by atoms with Gasteiger partial charge in [0, 0.05) is 5.02 Å². The topological polar surface area (TPSA) is 39.9 Å². The third kappa shape index (κ3) is 2.69. The van der Waals surface area contributed by atoms with E-state index in [1.807, 2.05) is 53.2 Å². The molecule has 3 aromatic rings. The van der Waals surface area contributed by atoms with Gasteiger partial charge in [0.05, 0.1) is 12.1 Å². The molecule has 1 heterocycles. The molecule has 0 radical (unpaired) electrons. The van der Waals surface area contributed by atoms with Gasteiger partial charge in [0.2, 0.25) is 0 Å². The van der Waals surface area contributed by atoms with Crippen molar-refractivity contribution < 1.29 is 4.74 Å². The van der Waals surface area contributed by atoms with Crippen molar-refractivity contribution in [3.05, 3.63) is 53.6 Å². The molecule has 0 aliphatic carbocycles. The van der Waals surface area contributed by atoms with Gasteiger partial charge in [-0.2, -0.15) is 0 Å². The molecule has 0 unspecified atom stereocenters. The average Bonchev–Trinajstić information content (AvgIpc) is 2.85. The number of rotatable bonds is 4. The highest BCUT2D eigenvalue weighted by molar-refractivity contribution is 6.30. The SMILES string of the molecule is Clc1ccc(OCCn2nnc3ccccc32)cc1. The summed E-state index contributed by atoms with van der Waals surface area (Å²) >= 11 is 5.81. The van der Waals surface area contributed by atoms with Crippen molar-refractivity contribution >= 4 is 22.6 Å². The lowest BCUT2D eigenvalue weighted by Crippen LogP contribution is -2.09. The molecule has 4 nitrogen and oxygen atoms in total. The summed E-state index contributed by atoms with van der Waals surface area (Å²) in [4.78, 5) is 0. The number of halogens is 1. The quantitative estimate of drug-likeness (QED) is 0.733. The van der Waals surface area contributed by atoms with E-state index < -0.39 is 0 Å². The fourth-order valence-electron chi connectivity index (χ4n) is 1.86. The van der Waals surface area contributed by atoms with Gasteiger partial charge in [-0.1, -0.05) is 28.9 Å². The standard InChI is InChI=1S/C14H12ClN3O/c15-11-5-7-12(8-6-11)19-10-9-18-14-4-2-1-3-13(14)16-17-18/h1-8H,9-10H2. The van der Waals surface area contributed by atoms with Crippen LogP contribution in [0.3, 0.4) is 0 Å². The molecular formula is C14H12ClN3O. The van der Waals surface area contributed by atoms with Crippen LogP contribution in [-0.4, -0.2) is 21.6 Å². The first kappa shape index (κ1) is 12.0. The minimum Gasteiger partial charge on any atom is -0.492 e. The highest BCUT2D eigenvalue weighted by Gasteiger charge is 2.03. The van der Waals surface area contributed by atoms with Crippen LogP contribution in [0, 0.1) is 0 Å². The predicted octanol–water partition coefficient (Wildman–Crippen LogP) is 3.16. The molecule has 96 valence electrons. The van der Waals surface area contributed by atoms with Crippen molar-refractivity contribution in [3.63, 3.8) is 0 Å². The maximum atomic E-state index is 5.81. The average molecular weight is 274 g/mol. The van der Waals surface area contributed by atoms with Gasteiger partial charge in [-0.05, 0) is 36.4 Å². The molecule has 3 rings (SSSR count). The van der Waals surface area contributed by atoms with Crippen molar-refractivity contribution in [2.75, 3.05) is 6.61 Å². The summed E-state index contributed by atoms with van der Waals surface area (Å²) in [5.74, 6) is 0.800. The third-order valence-electron chi connectivity index (χ3n) is 2.81. The molecule has 0 aliphatic rings. The number of nitrogens with zero attached hydrogens (tertiary/aromatic N) is 3. The Bertz CT molecular complexity index is 678. The Hall–Kier alpha value is -2.07. The highest BCUT2D eigenvalue weighted by Crippen LogP contribution is 2.15. The Kier molecular flexibility index (Phi) is 3.33. The van der Waals surface area contributed by atoms with Gasteiger partial charge in [0.15, 0.2) is 0 Å². The number of ether oxygens (including phenoxy) is 1. The molecule has 0 atom stereocenters. The zero-order valence-corrected chi connectivity index (χ0v) is 10.9. The van der Waals surface area contributed by atoms with E-state index in [-0.39, 0.29) is 0 Å². The van der Waals surface area contributed by atoms with Crippen molar-refractivity contribution in [2.45, 2.75) is 6.54 Å². The summed E-state index contributed by atoms with van der Waals surface area (Å²) in [6, 6.07) is 15.2. The van der Waals surface area contributed by atoms with E-state index in [9.17, 15) is 0 Å². The lowest BCUT2D eigenvalue weighted by Gasteiger charge is -2.06. The minimum absolute atomic E-state index is 0.537. The third-order valence-corrected chi connectivity index (χ3v) is 3.06. The van der Waals surface area contributed by atoms with Gasteiger partial charge in [0.25, 0.3) is 0 Å². The molecule has 5 heteroatoms. The molecule has 0 amide bonds. The van der Waals surface area contributed by atoms with E-state index >= 15 is 0 Å². The Morgan fingerprint density at radius 1 is 1.05 bits per heavy atom. The molecule has 1 aromatic heterocycles. The fourth-order valence-corrected chi connectivity index (χ4v) is 1.99. The molecule has 19 heavy (non-hydrogen) atoms. The number of fused-ring (bicyclic) bond motifs is 1. The predicted molar refractivity (Wildman–Crippen MR) is 74.5 cm³/mol. The van der Waals surface area contributed by atoms with Crippen LogP contribution in [-0.2, 0) is 6.54 Å². The summed E-state index contributed by atoms with van der Waals surface area (Å²) in [5.41, 5.74) is 1.91. The van der Waals surface area contributed by atoms with Crippen LogP contribution in [0.1, 0.15) is 0 Å². The van der Waals surface area contributed by atoms with Gasteiger partial charge in [-0.25, -0.2) is 4.68 Å². The number of benzene rings is 2. The fraction of sp³-hybridized carbons (Fsp3) is 0.143. The van der Waals surface area contributed by atoms with Crippen LogP contribution < -0.4 is 4.74 Å². The summed E-state index contributed by atoms with van der Waals surface area (Å²) < 4.78 is 7.47. The minimum atomic E-state index is 0.537. The second kappa shape index (κ2) is 5.28. The Balaban J connectivity index is 1.65. The van der Waals surface area contributed by atoms with E-state index in [4.69, 9.17) is 16.3 Å². The first-order valence-electron chi connectivity index (χ1n) is 5.99. The zero-order valence-electron chi connectivity index (χ0n) is 10.2. The highest BCUT2D eigenvalue weighted by atomic mass is 35.5. The summed E-state index contributed by atoms with van der Waals surface area (Å²) in [5, 5.41) is 8.91. The molecule has 0 spiro atoms. The summed E-state index contributed by atoms with van der Waals surface area (Å²) in [6.07, 6.45) is 0. The molecule has 0 saturated heterocycles. The monoisotopic (exact) mass is 273 g/mol. The van der Waals surface area contributed by atoms with Crippen molar-refractivity contribution in [1.82, 2.24) is 15.0 Å². The van der Waals surface area contributed by atoms with Crippen LogP contribution in [0.25, 0.3) is 11.0 Å². The number of hydrogen-bond donors (Lipinski definition) is 0. The Morgan fingerprint density at radius 2 is 1.84 bits per heavy atom. The van der Waals surface area contributed by atoms with E-state index in [0.29, 0.717) is 18.2 Å². The maximum absolute atomic E-state index is 5.81. The molecule has 0 N–H and O–H groups in total. The molecule has 0 saturated carbocycles. The lowest BCUT2D eigenvalue weighted by molar-refractivity contribution is 0.292.